The van der Waals surface area contributed by atoms with Crippen molar-refractivity contribution < 1.29 is 18.8 Å². The second-order valence-corrected chi connectivity index (χ2v) is 6.64. The number of hydrogen-bond acceptors (Lipinski definition) is 5. The number of aromatic nitrogens is 1. The molecule has 1 aromatic rings. The molecule has 0 amide bonds. The molecule has 0 atom stereocenters. The second kappa shape index (κ2) is 4.88. The molecule has 1 aromatic heterocycles. The van der Waals surface area contributed by atoms with E-state index in [4.69, 9.17) is 18.8 Å². The molecule has 2 fully saturated rings. The van der Waals surface area contributed by atoms with Crippen LogP contribution in [-0.4, -0.2) is 36.5 Å². The first-order chi connectivity index (χ1) is 9.84. The van der Waals surface area contributed by atoms with Crippen LogP contribution < -0.4 is 14.9 Å². The van der Waals surface area contributed by atoms with Gasteiger partial charge in [0.2, 0.25) is 0 Å². The molecule has 0 N–H and O–H groups in total. The Labute approximate surface area is 126 Å². The summed E-state index contributed by atoms with van der Waals surface area (Å²) < 4.78 is 23.5. The summed E-state index contributed by atoms with van der Waals surface area (Å²) in [6, 6.07) is 1.88. The van der Waals surface area contributed by atoms with Crippen molar-refractivity contribution in [3.05, 3.63) is 12.3 Å². The molecule has 0 spiro atoms. The Morgan fingerprint density at radius 3 is 2.33 bits per heavy atom. The molecule has 1 saturated heterocycles. The van der Waals surface area contributed by atoms with Gasteiger partial charge in [-0.05, 0) is 46.6 Å². The molecule has 21 heavy (non-hydrogen) atoms. The van der Waals surface area contributed by atoms with E-state index >= 15 is 0 Å². The van der Waals surface area contributed by atoms with E-state index in [0.717, 1.165) is 18.3 Å². The zero-order chi connectivity index (χ0) is 15.3. The first-order valence-electron chi connectivity index (χ1n) is 7.39. The topological polar surface area (TPSA) is 49.8 Å². The third-order valence-electron chi connectivity index (χ3n) is 4.41. The van der Waals surface area contributed by atoms with Crippen LogP contribution in [0.2, 0.25) is 0 Å². The van der Waals surface area contributed by atoms with Crippen LogP contribution >= 0.6 is 0 Å². The molecule has 2 heterocycles. The predicted octanol–water partition coefficient (Wildman–Crippen LogP) is 1.93. The lowest BCUT2D eigenvalue weighted by Crippen LogP contribution is -2.41. The summed E-state index contributed by atoms with van der Waals surface area (Å²) in [5, 5.41) is 0. The van der Waals surface area contributed by atoms with Crippen molar-refractivity contribution in [2.75, 3.05) is 7.11 Å². The van der Waals surface area contributed by atoms with E-state index in [0.29, 0.717) is 11.6 Å². The SMILES string of the molecule is COc1nccc(B2OC(C)(C)C(C)(C)O2)c1OC1CC1. The Balaban J connectivity index is 1.95. The molecule has 1 saturated carbocycles. The molecule has 0 radical (unpaired) electrons. The van der Waals surface area contributed by atoms with Gasteiger partial charge in [0.15, 0.2) is 5.75 Å². The molecule has 1 aliphatic carbocycles. The molecule has 5 nitrogen and oxygen atoms in total. The summed E-state index contributed by atoms with van der Waals surface area (Å²) in [4.78, 5) is 4.22. The fraction of sp³-hybridized carbons (Fsp3) is 0.667. The number of pyridine rings is 1. The van der Waals surface area contributed by atoms with Crippen LogP contribution in [0.3, 0.4) is 0 Å². The lowest BCUT2D eigenvalue weighted by atomic mass is 9.79. The van der Waals surface area contributed by atoms with Crippen LogP contribution in [0, 0.1) is 0 Å². The molecule has 6 heteroatoms. The zero-order valence-electron chi connectivity index (χ0n) is 13.3. The van der Waals surface area contributed by atoms with Gasteiger partial charge in [0, 0.05) is 11.7 Å². The fourth-order valence-electron chi connectivity index (χ4n) is 2.22. The minimum Gasteiger partial charge on any atom is -0.485 e. The highest BCUT2D eigenvalue weighted by atomic mass is 16.7. The van der Waals surface area contributed by atoms with Crippen LogP contribution in [0.25, 0.3) is 0 Å². The van der Waals surface area contributed by atoms with Crippen LogP contribution in [-0.2, 0) is 9.31 Å². The van der Waals surface area contributed by atoms with Gasteiger partial charge in [-0.2, -0.15) is 0 Å². The van der Waals surface area contributed by atoms with Gasteiger partial charge in [0.25, 0.3) is 5.88 Å². The van der Waals surface area contributed by atoms with E-state index in [9.17, 15) is 0 Å². The van der Waals surface area contributed by atoms with Gasteiger partial charge >= 0.3 is 7.12 Å². The molecule has 3 rings (SSSR count). The summed E-state index contributed by atoms with van der Waals surface area (Å²) >= 11 is 0. The highest BCUT2D eigenvalue weighted by Gasteiger charge is 2.53. The lowest BCUT2D eigenvalue weighted by molar-refractivity contribution is 0.00578. The molecule has 0 aromatic carbocycles. The number of hydrogen-bond donors (Lipinski definition) is 0. The van der Waals surface area contributed by atoms with Gasteiger partial charge in [-0.1, -0.05) is 0 Å². The van der Waals surface area contributed by atoms with Crippen molar-refractivity contribution in [1.82, 2.24) is 4.98 Å². The maximum absolute atomic E-state index is 6.11. The normalized spacial score (nSPS) is 23.2. The fourth-order valence-corrected chi connectivity index (χ4v) is 2.22. The number of methoxy groups -OCH3 is 1. The van der Waals surface area contributed by atoms with Crippen LogP contribution in [0.1, 0.15) is 40.5 Å². The number of nitrogens with zero attached hydrogens (tertiary/aromatic N) is 1. The number of rotatable bonds is 4. The first kappa shape index (κ1) is 14.7. The van der Waals surface area contributed by atoms with E-state index in [1.54, 1.807) is 13.3 Å². The predicted molar refractivity (Wildman–Crippen MR) is 80.2 cm³/mol. The third kappa shape index (κ3) is 2.62. The van der Waals surface area contributed by atoms with Crippen molar-refractivity contribution >= 4 is 12.6 Å². The average molecular weight is 291 g/mol. The maximum Gasteiger partial charge on any atom is 0.498 e. The highest BCUT2D eigenvalue weighted by molar-refractivity contribution is 6.63. The standard InChI is InChI=1S/C15H22BNO4/c1-14(2)15(3,4)21-16(20-14)11-8-9-17-13(18-5)12(11)19-10-6-7-10/h8-10H,6-7H2,1-5H3. The molecule has 1 aliphatic heterocycles. The van der Waals surface area contributed by atoms with Gasteiger partial charge in [-0.25, -0.2) is 4.98 Å². The van der Waals surface area contributed by atoms with Crippen LogP contribution in [0.4, 0.5) is 0 Å². The minimum absolute atomic E-state index is 0.254. The van der Waals surface area contributed by atoms with Crippen LogP contribution in [0.15, 0.2) is 12.3 Å². The number of ether oxygens (including phenoxy) is 2. The van der Waals surface area contributed by atoms with Gasteiger partial charge in [0.1, 0.15) is 0 Å². The van der Waals surface area contributed by atoms with Gasteiger partial charge in [-0.15, -0.1) is 0 Å². The van der Waals surface area contributed by atoms with Crippen LogP contribution in [0.5, 0.6) is 11.6 Å². The Bertz CT molecular complexity index is 526. The van der Waals surface area contributed by atoms with Gasteiger partial charge in [-0.3, -0.25) is 0 Å². The zero-order valence-corrected chi connectivity index (χ0v) is 13.3. The van der Waals surface area contributed by atoms with E-state index in [2.05, 4.69) is 4.98 Å². The molecule has 114 valence electrons. The Hall–Kier alpha value is -1.27. The Morgan fingerprint density at radius 1 is 1.19 bits per heavy atom. The van der Waals surface area contributed by atoms with E-state index in [1.165, 1.54) is 0 Å². The monoisotopic (exact) mass is 291 g/mol. The summed E-state index contributed by atoms with van der Waals surface area (Å²) in [6.07, 6.45) is 4.09. The highest BCUT2D eigenvalue weighted by Crippen LogP contribution is 2.38. The molecule has 2 aliphatic rings. The van der Waals surface area contributed by atoms with Crippen molar-refractivity contribution in [3.63, 3.8) is 0 Å². The smallest absolute Gasteiger partial charge is 0.485 e. The Morgan fingerprint density at radius 2 is 1.81 bits per heavy atom. The average Bonchev–Trinajstić information content (AvgIpc) is 3.17. The maximum atomic E-state index is 6.11. The van der Waals surface area contributed by atoms with Crippen molar-refractivity contribution in [2.24, 2.45) is 0 Å². The van der Waals surface area contributed by atoms with Crippen molar-refractivity contribution in [1.29, 1.82) is 0 Å². The van der Waals surface area contributed by atoms with E-state index in [-0.39, 0.29) is 17.3 Å². The Kier molecular flexibility index (Phi) is 3.41. The summed E-state index contributed by atoms with van der Waals surface area (Å²) in [5.74, 6) is 1.12. The summed E-state index contributed by atoms with van der Waals surface area (Å²) in [6.45, 7) is 8.14. The lowest BCUT2D eigenvalue weighted by Gasteiger charge is -2.32. The molecular formula is C15H22BNO4. The van der Waals surface area contributed by atoms with E-state index in [1.807, 2.05) is 33.8 Å². The minimum atomic E-state index is -0.472. The third-order valence-corrected chi connectivity index (χ3v) is 4.41. The van der Waals surface area contributed by atoms with E-state index < -0.39 is 7.12 Å². The van der Waals surface area contributed by atoms with Crippen molar-refractivity contribution in [3.8, 4) is 11.6 Å². The largest absolute Gasteiger partial charge is 0.498 e. The molecule has 0 unspecified atom stereocenters. The second-order valence-electron chi connectivity index (χ2n) is 6.64. The van der Waals surface area contributed by atoms with Crippen molar-refractivity contribution in [2.45, 2.75) is 57.8 Å². The molecule has 0 bridgehead atoms. The summed E-state index contributed by atoms with van der Waals surface area (Å²) in [7, 11) is 1.12. The molecular weight excluding hydrogens is 269 g/mol. The van der Waals surface area contributed by atoms with Gasteiger partial charge in [0.05, 0.1) is 24.4 Å². The van der Waals surface area contributed by atoms with Gasteiger partial charge < -0.3 is 18.8 Å². The quantitative estimate of drug-likeness (QED) is 0.793. The summed E-state index contributed by atoms with van der Waals surface area (Å²) in [5.41, 5.74) is 0.0724. The first-order valence-corrected chi connectivity index (χ1v) is 7.39.